The third kappa shape index (κ3) is 2.36. The SMILES string of the molecule is CNc1cc(C)nc(-c2ccccc2OC)n1. The second kappa shape index (κ2) is 4.82. The van der Waals surface area contributed by atoms with Crippen LogP contribution in [-0.2, 0) is 0 Å². The molecule has 2 rings (SSSR count). The van der Waals surface area contributed by atoms with E-state index < -0.39 is 0 Å². The van der Waals surface area contributed by atoms with E-state index in [0.29, 0.717) is 5.82 Å². The van der Waals surface area contributed by atoms with Gasteiger partial charge in [0.2, 0.25) is 0 Å². The van der Waals surface area contributed by atoms with E-state index in [-0.39, 0.29) is 0 Å². The van der Waals surface area contributed by atoms with Gasteiger partial charge in [-0.3, -0.25) is 0 Å². The van der Waals surface area contributed by atoms with Crippen LogP contribution in [0.15, 0.2) is 30.3 Å². The summed E-state index contributed by atoms with van der Waals surface area (Å²) in [6.45, 7) is 1.95. The lowest BCUT2D eigenvalue weighted by Gasteiger charge is -2.09. The summed E-state index contributed by atoms with van der Waals surface area (Å²) in [5.41, 5.74) is 1.82. The van der Waals surface area contributed by atoms with Gasteiger partial charge in [0.15, 0.2) is 5.82 Å². The fourth-order valence-corrected chi connectivity index (χ4v) is 1.65. The molecule has 4 heteroatoms. The van der Waals surface area contributed by atoms with Crippen molar-refractivity contribution in [1.29, 1.82) is 0 Å². The van der Waals surface area contributed by atoms with Crippen molar-refractivity contribution in [2.24, 2.45) is 0 Å². The zero-order chi connectivity index (χ0) is 12.3. The normalized spacial score (nSPS) is 10.1. The number of aryl methyl sites for hydroxylation is 1. The Morgan fingerprint density at radius 1 is 1.18 bits per heavy atom. The molecule has 0 atom stereocenters. The number of nitrogens with one attached hydrogen (secondary N) is 1. The molecule has 1 heterocycles. The summed E-state index contributed by atoms with van der Waals surface area (Å²) in [7, 11) is 3.49. The first-order valence-electron chi connectivity index (χ1n) is 5.41. The Kier molecular flexibility index (Phi) is 3.23. The first-order chi connectivity index (χ1) is 8.24. The maximum Gasteiger partial charge on any atom is 0.165 e. The predicted octanol–water partition coefficient (Wildman–Crippen LogP) is 2.50. The van der Waals surface area contributed by atoms with E-state index in [1.54, 1.807) is 7.11 Å². The van der Waals surface area contributed by atoms with Crippen LogP contribution >= 0.6 is 0 Å². The zero-order valence-electron chi connectivity index (χ0n) is 10.2. The Balaban J connectivity index is 2.55. The number of hydrogen-bond acceptors (Lipinski definition) is 4. The number of aromatic nitrogens is 2. The lowest BCUT2D eigenvalue weighted by Crippen LogP contribution is -1.99. The lowest BCUT2D eigenvalue weighted by atomic mass is 10.2. The highest BCUT2D eigenvalue weighted by atomic mass is 16.5. The summed E-state index contributed by atoms with van der Waals surface area (Å²) in [6.07, 6.45) is 0. The molecule has 0 aliphatic rings. The Morgan fingerprint density at radius 2 is 1.94 bits per heavy atom. The van der Waals surface area contributed by atoms with Crippen LogP contribution in [0.3, 0.4) is 0 Å². The van der Waals surface area contributed by atoms with Crippen LogP contribution in [0.25, 0.3) is 11.4 Å². The monoisotopic (exact) mass is 229 g/mol. The third-order valence-corrected chi connectivity index (χ3v) is 2.46. The van der Waals surface area contributed by atoms with Crippen LogP contribution in [0, 0.1) is 6.92 Å². The standard InChI is InChI=1S/C13H15N3O/c1-9-8-12(14-2)16-13(15-9)10-6-4-5-7-11(10)17-3/h4-8H,1-3H3,(H,14,15,16). The molecule has 0 saturated carbocycles. The zero-order valence-corrected chi connectivity index (χ0v) is 10.2. The Morgan fingerprint density at radius 3 is 2.65 bits per heavy atom. The number of nitrogens with zero attached hydrogens (tertiary/aromatic N) is 2. The second-order valence-electron chi connectivity index (χ2n) is 3.67. The van der Waals surface area contributed by atoms with E-state index in [1.807, 2.05) is 44.3 Å². The molecular weight excluding hydrogens is 214 g/mol. The van der Waals surface area contributed by atoms with Gasteiger partial charge in [-0.2, -0.15) is 0 Å². The van der Waals surface area contributed by atoms with Crippen LogP contribution in [-0.4, -0.2) is 24.1 Å². The number of ether oxygens (including phenoxy) is 1. The van der Waals surface area contributed by atoms with Gasteiger partial charge in [0.05, 0.1) is 12.7 Å². The van der Waals surface area contributed by atoms with E-state index in [9.17, 15) is 0 Å². The van der Waals surface area contributed by atoms with Gasteiger partial charge in [0.1, 0.15) is 11.6 Å². The van der Waals surface area contributed by atoms with Crippen molar-refractivity contribution < 1.29 is 4.74 Å². The van der Waals surface area contributed by atoms with Crippen LogP contribution in [0.5, 0.6) is 5.75 Å². The average molecular weight is 229 g/mol. The van der Waals surface area contributed by atoms with Crippen molar-refractivity contribution in [3.8, 4) is 17.1 Å². The van der Waals surface area contributed by atoms with Gasteiger partial charge in [-0.25, -0.2) is 9.97 Å². The number of para-hydroxylation sites is 1. The highest BCUT2D eigenvalue weighted by Crippen LogP contribution is 2.27. The molecular formula is C13H15N3O. The van der Waals surface area contributed by atoms with Crippen molar-refractivity contribution in [2.75, 3.05) is 19.5 Å². The van der Waals surface area contributed by atoms with Gasteiger partial charge in [0.25, 0.3) is 0 Å². The topological polar surface area (TPSA) is 47.0 Å². The maximum absolute atomic E-state index is 5.31. The van der Waals surface area contributed by atoms with Crippen LogP contribution in [0.2, 0.25) is 0 Å². The molecule has 2 aromatic rings. The molecule has 0 fully saturated rings. The van der Waals surface area contributed by atoms with Crippen molar-refractivity contribution in [1.82, 2.24) is 9.97 Å². The molecule has 0 saturated heterocycles. The third-order valence-electron chi connectivity index (χ3n) is 2.46. The van der Waals surface area contributed by atoms with Gasteiger partial charge in [-0.15, -0.1) is 0 Å². The minimum absolute atomic E-state index is 0.673. The van der Waals surface area contributed by atoms with Crippen molar-refractivity contribution in [2.45, 2.75) is 6.92 Å². The molecule has 17 heavy (non-hydrogen) atoms. The molecule has 0 amide bonds. The van der Waals surface area contributed by atoms with Crippen molar-refractivity contribution in [3.63, 3.8) is 0 Å². The molecule has 0 radical (unpaired) electrons. The summed E-state index contributed by atoms with van der Waals surface area (Å²) in [6, 6.07) is 9.63. The number of benzene rings is 1. The molecule has 88 valence electrons. The molecule has 1 aromatic heterocycles. The van der Waals surface area contributed by atoms with E-state index >= 15 is 0 Å². The van der Waals surface area contributed by atoms with E-state index in [0.717, 1.165) is 22.8 Å². The van der Waals surface area contributed by atoms with Crippen molar-refractivity contribution >= 4 is 5.82 Å². The molecule has 4 nitrogen and oxygen atoms in total. The first-order valence-corrected chi connectivity index (χ1v) is 5.41. The summed E-state index contributed by atoms with van der Waals surface area (Å²) in [4.78, 5) is 8.86. The average Bonchev–Trinajstić information content (AvgIpc) is 2.37. The fraction of sp³-hybridized carbons (Fsp3) is 0.231. The summed E-state index contributed by atoms with van der Waals surface area (Å²) >= 11 is 0. The highest BCUT2D eigenvalue weighted by molar-refractivity contribution is 5.65. The molecule has 0 unspecified atom stereocenters. The molecule has 0 aliphatic carbocycles. The number of anilines is 1. The predicted molar refractivity (Wildman–Crippen MR) is 68.3 cm³/mol. The number of rotatable bonds is 3. The lowest BCUT2D eigenvalue weighted by molar-refractivity contribution is 0.416. The molecule has 0 bridgehead atoms. The number of methoxy groups -OCH3 is 1. The Hall–Kier alpha value is -2.10. The molecule has 1 N–H and O–H groups in total. The van der Waals surface area contributed by atoms with Gasteiger partial charge < -0.3 is 10.1 Å². The minimum atomic E-state index is 0.673. The summed E-state index contributed by atoms with van der Waals surface area (Å²) in [5.74, 6) is 2.25. The summed E-state index contributed by atoms with van der Waals surface area (Å²) < 4.78 is 5.31. The van der Waals surface area contributed by atoms with Gasteiger partial charge in [-0.1, -0.05) is 12.1 Å². The summed E-state index contributed by atoms with van der Waals surface area (Å²) in [5, 5.41) is 3.02. The quantitative estimate of drug-likeness (QED) is 0.878. The minimum Gasteiger partial charge on any atom is -0.496 e. The fourth-order valence-electron chi connectivity index (χ4n) is 1.65. The second-order valence-corrected chi connectivity index (χ2v) is 3.67. The van der Waals surface area contributed by atoms with Gasteiger partial charge in [0, 0.05) is 18.8 Å². The number of hydrogen-bond donors (Lipinski definition) is 1. The smallest absolute Gasteiger partial charge is 0.165 e. The van der Waals surface area contributed by atoms with Gasteiger partial charge >= 0.3 is 0 Å². The molecule has 0 aliphatic heterocycles. The van der Waals surface area contributed by atoms with Crippen LogP contribution in [0.1, 0.15) is 5.69 Å². The maximum atomic E-state index is 5.31. The van der Waals surface area contributed by atoms with Crippen LogP contribution < -0.4 is 10.1 Å². The van der Waals surface area contributed by atoms with E-state index in [4.69, 9.17) is 4.74 Å². The first kappa shape index (κ1) is 11.4. The molecule has 1 aromatic carbocycles. The highest BCUT2D eigenvalue weighted by Gasteiger charge is 2.09. The molecule has 0 spiro atoms. The largest absolute Gasteiger partial charge is 0.496 e. The Labute approximate surface area is 101 Å². The Bertz CT molecular complexity index is 526. The van der Waals surface area contributed by atoms with E-state index in [2.05, 4.69) is 15.3 Å². The van der Waals surface area contributed by atoms with Crippen LogP contribution in [0.4, 0.5) is 5.82 Å². The van der Waals surface area contributed by atoms with E-state index in [1.165, 1.54) is 0 Å². The van der Waals surface area contributed by atoms with Gasteiger partial charge in [-0.05, 0) is 19.1 Å². The van der Waals surface area contributed by atoms with Crippen molar-refractivity contribution in [3.05, 3.63) is 36.0 Å².